The largest absolute Gasteiger partial charge is 0.479 e. The van der Waals surface area contributed by atoms with Crippen LogP contribution in [0.2, 0.25) is 0 Å². The number of carbonyl (C=O) groups is 2. The van der Waals surface area contributed by atoms with E-state index in [1.807, 2.05) is 0 Å². The monoisotopic (exact) mass is 260 g/mol. The number of carboxylic acids is 1. The van der Waals surface area contributed by atoms with Gasteiger partial charge < -0.3 is 29.9 Å². The number of aliphatic carboxylic acids is 1. The molecule has 0 saturated carbocycles. The van der Waals surface area contributed by atoms with Crippen molar-refractivity contribution in [2.45, 2.75) is 18.3 Å². The lowest BCUT2D eigenvalue weighted by Gasteiger charge is -2.33. The first kappa shape index (κ1) is 13.1. The number of aliphatic hydroxyl groups is 2. The molecule has 0 spiro atoms. The molecule has 8 heteroatoms. The SMILES string of the molecule is O=C(O)C1CN(C(=O)N2CC(O)C(O)C2)CCO1. The molecular weight excluding hydrogens is 244 g/mol. The van der Waals surface area contributed by atoms with Crippen LogP contribution in [0.3, 0.4) is 0 Å². The van der Waals surface area contributed by atoms with E-state index in [0.29, 0.717) is 6.54 Å². The van der Waals surface area contributed by atoms with Crippen LogP contribution in [0.4, 0.5) is 4.79 Å². The zero-order valence-corrected chi connectivity index (χ0v) is 9.73. The first-order valence-corrected chi connectivity index (χ1v) is 5.73. The van der Waals surface area contributed by atoms with Crippen LogP contribution in [0, 0.1) is 0 Å². The number of likely N-dealkylation sites (tertiary alicyclic amines) is 1. The molecule has 3 unspecified atom stereocenters. The van der Waals surface area contributed by atoms with Gasteiger partial charge in [-0.2, -0.15) is 0 Å². The predicted octanol–water partition coefficient (Wildman–Crippen LogP) is -2.07. The molecule has 2 fully saturated rings. The number of aliphatic hydroxyl groups excluding tert-OH is 2. The standard InChI is InChI=1S/C10H16N2O6/c13-6-3-12(4-7(6)14)10(17)11-1-2-18-8(5-11)9(15)16/h6-8,13-14H,1-5H2,(H,15,16). The third-order valence-electron chi connectivity index (χ3n) is 3.14. The van der Waals surface area contributed by atoms with Gasteiger partial charge in [0, 0.05) is 6.54 Å². The molecule has 2 amide bonds. The third kappa shape index (κ3) is 2.55. The number of morpholine rings is 1. The first-order chi connectivity index (χ1) is 8.49. The summed E-state index contributed by atoms with van der Waals surface area (Å²) in [7, 11) is 0. The Hall–Kier alpha value is -1.38. The summed E-state index contributed by atoms with van der Waals surface area (Å²) in [6.45, 7) is 0.591. The van der Waals surface area contributed by atoms with E-state index in [4.69, 9.17) is 9.84 Å². The van der Waals surface area contributed by atoms with E-state index in [1.165, 1.54) is 9.80 Å². The average Bonchev–Trinajstić information content (AvgIpc) is 2.69. The van der Waals surface area contributed by atoms with Crippen molar-refractivity contribution in [1.82, 2.24) is 9.80 Å². The molecule has 102 valence electrons. The van der Waals surface area contributed by atoms with E-state index in [9.17, 15) is 19.8 Å². The highest BCUT2D eigenvalue weighted by molar-refractivity contribution is 5.77. The van der Waals surface area contributed by atoms with E-state index in [1.54, 1.807) is 0 Å². The fraction of sp³-hybridized carbons (Fsp3) is 0.800. The molecule has 2 rings (SSSR count). The summed E-state index contributed by atoms with van der Waals surface area (Å²) in [5.41, 5.74) is 0. The number of β-amino-alcohol motifs (C(OH)–C–C–N with tert-alkyl or cyclic N) is 2. The van der Waals surface area contributed by atoms with Crippen molar-refractivity contribution < 1.29 is 29.6 Å². The first-order valence-electron chi connectivity index (χ1n) is 5.73. The molecule has 0 radical (unpaired) electrons. The molecule has 0 aromatic heterocycles. The van der Waals surface area contributed by atoms with Crippen molar-refractivity contribution in [2.75, 3.05) is 32.8 Å². The van der Waals surface area contributed by atoms with Gasteiger partial charge in [0.05, 0.1) is 38.4 Å². The van der Waals surface area contributed by atoms with Crippen molar-refractivity contribution in [3.05, 3.63) is 0 Å². The zero-order valence-electron chi connectivity index (χ0n) is 9.73. The number of carboxylic acid groups (broad SMARTS) is 1. The number of carbonyl (C=O) groups excluding carboxylic acids is 1. The molecule has 2 aliphatic heterocycles. The summed E-state index contributed by atoms with van der Waals surface area (Å²) in [5, 5.41) is 27.6. The second kappa shape index (κ2) is 5.09. The Morgan fingerprint density at radius 1 is 1.06 bits per heavy atom. The van der Waals surface area contributed by atoms with Crippen molar-refractivity contribution >= 4 is 12.0 Å². The minimum atomic E-state index is -1.10. The lowest BCUT2D eigenvalue weighted by atomic mass is 10.3. The van der Waals surface area contributed by atoms with Crippen molar-refractivity contribution in [3.63, 3.8) is 0 Å². The summed E-state index contributed by atoms with van der Waals surface area (Å²) in [5.74, 6) is -1.10. The lowest BCUT2D eigenvalue weighted by Crippen LogP contribution is -2.52. The number of rotatable bonds is 1. The highest BCUT2D eigenvalue weighted by Crippen LogP contribution is 2.15. The second-order valence-corrected chi connectivity index (χ2v) is 4.47. The molecule has 2 heterocycles. The van der Waals surface area contributed by atoms with Crippen LogP contribution >= 0.6 is 0 Å². The maximum absolute atomic E-state index is 12.0. The lowest BCUT2D eigenvalue weighted by molar-refractivity contribution is -0.154. The average molecular weight is 260 g/mol. The molecule has 0 aromatic rings. The highest BCUT2D eigenvalue weighted by atomic mass is 16.5. The molecular formula is C10H16N2O6. The smallest absolute Gasteiger partial charge is 0.334 e. The Morgan fingerprint density at radius 3 is 2.22 bits per heavy atom. The van der Waals surface area contributed by atoms with Crippen LogP contribution in [-0.2, 0) is 9.53 Å². The zero-order chi connectivity index (χ0) is 13.3. The summed E-state index contributed by atoms with van der Waals surface area (Å²) in [6.07, 6.45) is -2.89. The second-order valence-electron chi connectivity index (χ2n) is 4.47. The molecule has 18 heavy (non-hydrogen) atoms. The van der Waals surface area contributed by atoms with Gasteiger partial charge in [0.2, 0.25) is 0 Å². The van der Waals surface area contributed by atoms with Crippen LogP contribution < -0.4 is 0 Å². The molecule has 2 saturated heterocycles. The quantitative estimate of drug-likeness (QED) is 0.499. The van der Waals surface area contributed by atoms with Gasteiger partial charge in [0.25, 0.3) is 0 Å². The van der Waals surface area contributed by atoms with E-state index >= 15 is 0 Å². The maximum Gasteiger partial charge on any atom is 0.334 e. The van der Waals surface area contributed by atoms with Crippen LogP contribution in [0.25, 0.3) is 0 Å². The fourth-order valence-corrected chi connectivity index (χ4v) is 2.10. The van der Waals surface area contributed by atoms with Crippen molar-refractivity contribution in [3.8, 4) is 0 Å². The summed E-state index contributed by atoms with van der Waals surface area (Å²) in [6, 6.07) is -0.375. The minimum Gasteiger partial charge on any atom is -0.479 e. The molecule has 3 N–H and O–H groups in total. The van der Waals surface area contributed by atoms with Gasteiger partial charge in [-0.25, -0.2) is 9.59 Å². The number of ether oxygens (including phenoxy) is 1. The topological polar surface area (TPSA) is 111 Å². The molecule has 0 bridgehead atoms. The van der Waals surface area contributed by atoms with Crippen LogP contribution in [0.1, 0.15) is 0 Å². The molecule has 8 nitrogen and oxygen atoms in total. The molecule has 0 aliphatic carbocycles. The summed E-state index contributed by atoms with van der Waals surface area (Å²) >= 11 is 0. The highest BCUT2D eigenvalue weighted by Gasteiger charge is 2.37. The number of nitrogens with zero attached hydrogens (tertiary/aromatic N) is 2. The van der Waals surface area contributed by atoms with Gasteiger partial charge >= 0.3 is 12.0 Å². The Morgan fingerprint density at radius 2 is 1.67 bits per heavy atom. The third-order valence-corrected chi connectivity index (χ3v) is 3.14. The Kier molecular flexibility index (Phi) is 3.69. The molecule has 3 atom stereocenters. The van der Waals surface area contributed by atoms with Gasteiger partial charge in [0.15, 0.2) is 6.10 Å². The van der Waals surface area contributed by atoms with Gasteiger partial charge in [-0.05, 0) is 0 Å². The van der Waals surface area contributed by atoms with Crippen LogP contribution in [0.5, 0.6) is 0 Å². The number of hydrogen-bond acceptors (Lipinski definition) is 5. The maximum atomic E-state index is 12.0. The van der Waals surface area contributed by atoms with E-state index in [0.717, 1.165) is 0 Å². The normalized spacial score (nSPS) is 32.7. The van der Waals surface area contributed by atoms with Gasteiger partial charge in [-0.1, -0.05) is 0 Å². The van der Waals surface area contributed by atoms with Crippen LogP contribution in [0.15, 0.2) is 0 Å². The van der Waals surface area contributed by atoms with Gasteiger partial charge in [0.1, 0.15) is 0 Å². The Bertz CT molecular complexity index is 339. The van der Waals surface area contributed by atoms with Gasteiger partial charge in [-0.15, -0.1) is 0 Å². The van der Waals surface area contributed by atoms with E-state index < -0.39 is 24.3 Å². The summed E-state index contributed by atoms with van der Waals surface area (Å²) in [4.78, 5) is 25.5. The molecule has 0 aromatic carbocycles. The van der Waals surface area contributed by atoms with Crippen molar-refractivity contribution in [2.24, 2.45) is 0 Å². The van der Waals surface area contributed by atoms with E-state index in [2.05, 4.69) is 0 Å². The summed E-state index contributed by atoms with van der Waals surface area (Å²) < 4.78 is 5.01. The number of urea groups is 1. The van der Waals surface area contributed by atoms with E-state index in [-0.39, 0.29) is 32.3 Å². The number of amides is 2. The number of hydrogen-bond donors (Lipinski definition) is 3. The minimum absolute atomic E-state index is 0.0170. The van der Waals surface area contributed by atoms with Crippen LogP contribution in [-0.4, -0.2) is 88.2 Å². The van der Waals surface area contributed by atoms with Crippen molar-refractivity contribution in [1.29, 1.82) is 0 Å². The molecule has 2 aliphatic rings. The van der Waals surface area contributed by atoms with Gasteiger partial charge in [-0.3, -0.25) is 0 Å². The fourth-order valence-electron chi connectivity index (χ4n) is 2.10. The predicted molar refractivity (Wildman–Crippen MR) is 57.9 cm³/mol. The Balaban J connectivity index is 1.95. The Labute approximate surface area is 103 Å².